The lowest BCUT2D eigenvalue weighted by Gasteiger charge is -2.32. The molecule has 1 unspecified atom stereocenters. The molecule has 4 heteroatoms. The zero-order chi connectivity index (χ0) is 10.9. The number of piperidine rings is 1. The fourth-order valence-corrected chi connectivity index (χ4v) is 2.15. The van der Waals surface area contributed by atoms with Gasteiger partial charge in [0.15, 0.2) is 0 Å². The number of hydrogen-bond acceptors (Lipinski definition) is 3. The van der Waals surface area contributed by atoms with Gasteiger partial charge in [0.05, 0.1) is 5.54 Å². The van der Waals surface area contributed by atoms with E-state index in [9.17, 15) is 4.79 Å². The van der Waals surface area contributed by atoms with Gasteiger partial charge in [-0.05, 0) is 39.3 Å². The van der Waals surface area contributed by atoms with Gasteiger partial charge in [-0.1, -0.05) is 6.42 Å². The molecule has 0 spiro atoms. The van der Waals surface area contributed by atoms with Crippen LogP contribution in [0.25, 0.3) is 0 Å². The van der Waals surface area contributed by atoms with Crippen molar-refractivity contribution in [3.63, 3.8) is 0 Å². The molecule has 4 nitrogen and oxygen atoms in total. The summed E-state index contributed by atoms with van der Waals surface area (Å²) in [6.45, 7) is 1.91. The third-order valence-corrected chi connectivity index (χ3v) is 3.66. The number of likely N-dealkylation sites (tertiary alicyclic amines) is 1. The monoisotopic (exact) mass is 211 g/mol. The van der Waals surface area contributed by atoms with E-state index in [2.05, 4.69) is 17.3 Å². The standard InChI is InChI=1S/C11H21N3O/c1-14-7-3-2-4-9(14)8-13-10(15)11(12)5-6-11/h9H,2-8,12H2,1H3,(H,13,15). The highest BCUT2D eigenvalue weighted by Crippen LogP contribution is 2.32. The number of likely N-dealkylation sites (N-methyl/N-ethyl adjacent to an activating group) is 1. The van der Waals surface area contributed by atoms with Crippen LogP contribution in [-0.4, -0.2) is 42.5 Å². The molecule has 2 fully saturated rings. The maximum absolute atomic E-state index is 11.6. The molecule has 1 heterocycles. The van der Waals surface area contributed by atoms with Gasteiger partial charge in [0.2, 0.25) is 5.91 Å². The van der Waals surface area contributed by atoms with Crippen LogP contribution in [0.4, 0.5) is 0 Å². The molecular weight excluding hydrogens is 190 g/mol. The average Bonchev–Trinajstić information content (AvgIpc) is 2.96. The van der Waals surface area contributed by atoms with Crippen LogP contribution in [-0.2, 0) is 4.79 Å². The van der Waals surface area contributed by atoms with Crippen LogP contribution in [0.5, 0.6) is 0 Å². The maximum Gasteiger partial charge on any atom is 0.240 e. The van der Waals surface area contributed by atoms with E-state index in [-0.39, 0.29) is 5.91 Å². The third-order valence-electron chi connectivity index (χ3n) is 3.66. The summed E-state index contributed by atoms with van der Waals surface area (Å²) in [6.07, 6.45) is 5.44. The lowest BCUT2D eigenvalue weighted by atomic mass is 10.0. The Morgan fingerprint density at radius 3 is 2.87 bits per heavy atom. The lowest BCUT2D eigenvalue weighted by Crippen LogP contribution is -2.49. The highest BCUT2D eigenvalue weighted by atomic mass is 16.2. The van der Waals surface area contributed by atoms with Crippen molar-refractivity contribution in [2.24, 2.45) is 5.73 Å². The molecule has 3 N–H and O–H groups in total. The molecule has 15 heavy (non-hydrogen) atoms. The number of nitrogens with two attached hydrogens (primary N) is 1. The van der Waals surface area contributed by atoms with Crippen LogP contribution >= 0.6 is 0 Å². The van der Waals surface area contributed by atoms with Crippen molar-refractivity contribution in [3.8, 4) is 0 Å². The van der Waals surface area contributed by atoms with E-state index < -0.39 is 5.54 Å². The highest BCUT2D eigenvalue weighted by Gasteiger charge is 2.45. The molecule has 1 aliphatic carbocycles. The van der Waals surface area contributed by atoms with Crippen LogP contribution in [0.3, 0.4) is 0 Å². The molecular formula is C11H21N3O. The minimum Gasteiger partial charge on any atom is -0.353 e. The number of hydrogen-bond donors (Lipinski definition) is 2. The Kier molecular flexibility index (Phi) is 2.98. The van der Waals surface area contributed by atoms with Crippen LogP contribution < -0.4 is 11.1 Å². The van der Waals surface area contributed by atoms with Crippen molar-refractivity contribution < 1.29 is 4.79 Å². The molecule has 1 atom stereocenters. The molecule has 86 valence electrons. The molecule has 0 aromatic carbocycles. The Hall–Kier alpha value is -0.610. The molecule has 0 bridgehead atoms. The Labute approximate surface area is 91.2 Å². The summed E-state index contributed by atoms with van der Waals surface area (Å²) >= 11 is 0. The summed E-state index contributed by atoms with van der Waals surface area (Å²) in [7, 11) is 2.13. The SMILES string of the molecule is CN1CCCCC1CNC(=O)C1(N)CC1. The van der Waals surface area contributed by atoms with Gasteiger partial charge in [-0.15, -0.1) is 0 Å². The van der Waals surface area contributed by atoms with Crippen molar-refractivity contribution in [2.45, 2.75) is 43.7 Å². The van der Waals surface area contributed by atoms with Crippen molar-refractivity contribution in [1.82, 2.24) is 10.2 Å². The first-order valence-corrected chi connectivity index (χ1v) is 5.89. The topological polar surface area (TPSA) is 58.4 Å². The van der Waals surface area contributed by atoms with Crippen molar-refractivity contribution in [3.05, 3.63) is 0 Å². The van der Waals surface area contributed by atoms with Gasteiger partial charge in [-0.2, -0.15) is 0 Å². The van der Waals surface area contributed by atoms with E-state index in [1.807, 2.05) is 0 Å². The highest BCUT2D eigenvalue weighted by molar-refractivity contribution is 5.88. The largest absolute Gasteiger partial charge is 0.353 e. The Morgan fingerprint density at radius 1 is 1.53 bits per heavy atom. The summed E-state index contributed by atoms with van der Waals surface area (Å²) in [4.78, 5) is 14.0. The summed E-state index contributed by atoms with van der Waals surface area (Å²) in [5.74, 6) is 0.0430. The zero-order valence-electron chi connectivity index (χ0n) is 9.46. The van der Waals surface area contributed by atoms with E-state index in [4.69, 9.17) is 5.73 Å². The lowest BCUT2D eigenvalue weighted by molar-refractivity contribution is -0.123. The van der Waals surface area contributed by atoms with Gasteiger partial charge >= 0.3 is 0 Å². The second-order valence-electron chi connectivity index (χ2n) is 5.00. The van der Waals surface area contributed by atoms with Crippen LogP contribution in [0.2, 0.25) is 0 Å². The summed E-state index contributed by atoms with van der Waals surface area (Å²) in [5.41, 5.74) is 5.29. The van der Waals surface area contributed by atoms with Gasteiger partial charge in [0, 0.05) is 12.6 Å². The van der Waals surface area contributed by atoms with Crippen molar-refractivity contribution in [2.75, 3.05) is 20.1 Å². The molecule has 1 saturated carbocycles. The van der Waals surface area contributed by atoms with E-state index >= 15 is 0 Å². The van der Waals surface area contributed by atoms with Gasteiger partial charge < -0.3 is 16.0 Å². The third kappa shape index (κ3) is 2.49. The van der Waals surface area contributed by atoms with E-state index in [1.165, 1.54) is 19.3 Å². The molecule has 1 saturated heterocycles. The maximum atomic E-state index is 11.6. The van der Waals surface area contributed by atoms with E-state index in [0.717, 1.165) is 25.9 Å². The van der Waals surface area contributed by atoms with E-state index in [0.29, 0.717) is 6.04 Å². The fourth-order valence-electron chi connectivity index (χ4n) is 2.15. The van der Waals surface area contributed by atoms with Crippen molar-refractivity contribution in [1.29, 1.82) is 0 Å². The minimum atomic E-state index is -0.521. The van der Waals surface area contributed by atoms with Crippen molar-refractivity contribution >= 4 is 5.91 Å². The predicted octanol–water partition coefficient (Wildman–Crippen LogP) is 0.0782. The van der Waals surface area contributed by atoms with Crippen LogP contribution in [0.1, 0.15) is 32.1 Å². The first kappa shape index (κ1) is 10.9. The van der Waals surface area contributed by atoms with Gasteiger partial charge in [0.1, 0.15) is 0 Å². The molecule has 0 aromatic heterocycles. The molecule has 0 radical (unpaired) electrons. The van der Waals surface area contributed by atoms with Crippen LogP contribution in [0.15, 0.2) is 0 Å². The van der Waals surface area contributed by atoms with E-state index in [1.54, 1.807) is 0 Å². The number of amides is 1. The normalized spacial score (nSPS) is 29.9. The summed E-state index contributed by atoms with van der Waals surface area (Å²) in [6, 6.07) is 0.505. The zero-order valence-corrected chi connectivity index (χ0v) is 9.46. The molecule has 0 aromatic rings. The number of nitrogens with one attached hydrogen (secondary N) is 1. The molecule has 2 rings (SSSR count). The second-order valence-corrected chi connectivity index (χ2v) is 5.00. The number of carbonyl (C=O) groups is 1. The summed E-state index contributed by atoms with van der Waals surface area (Å²) in [5, 5.41) is 2.98. The molecule has 2 aliphatic rings. The number of carbonyl (C=O) groups excluding carboxylic acids is 1. The summed E-state index contributed by atoms with van der Waals surface area (Å²) < 4.78 is 0. The van der Waals surface area contributed by atoms with Gasteiger partial charge in [-0.3, -0.25) is 4.79 Å². The Balaban J connectivity index is 1.74. The molecule has 1 aliphatic heterocycles. The van der Waals surface area contributed by atoms with Gasteiger partial charge in [0.25, 0.3) is 0 Å². The fraction of sp³-hybridized carbons (Fsp3) is 0.909. The van der Waals surface area contributed by atoms with Gasteiger partial charge in [-0.25, -0.2) is 0 Å². The first-order chi connectivity index (χ1) is 7.12. The average molecular weight is 211 g/mol. The van der Waals surface area contributed by atoms with Crippen LogP contribution in [0, 0.1) is 0 Å². The Bertz CT molecular complexity index is 250. The smallest absolute Gasteiger partial charge is 0.240 e. The number of nitrogens with zero attached hydrogens (tertiary/aromatic N) is 1. The quantitative estimate of drug-likeness (QED) is 0.695. The predicted molar refractivity (Wildman–Crippen MR) is 59.4 cm³/mol. The molecule has 1 amide bonds. The minimum absolute atomic E-state index is 0.0430. The number of rotatable bonds is 3. The first-order valence-electron chi connectivity index (χ1n) is 5.89. The Morgan fingerprint density at radius 2 is 2.27 bits per heavy atom. The second kappa shape index (κ2) is 4.10.